The molecule has 1 saturated heterocycles. The minimum atomic E-state index is -5.24. The summed E-state index contributed by atoms with van der Waals surface area (Å²) < 4.78 is 50.8. The number of fused-ring (bicyclic) bond motifs is 1. The maximum atomic E-state index is 13.5. The van der Waals surface area contributed by atoms with E-state index in [1.165, 1.54) is 42.5 Å². The molecule has 2 aliphatic heterocycles. The van der Waals surface area contributed by atoms with Crippen LogP contribution in [-0.4, -0.2) is 29.9 Å². The summed E-state index contributed by atoms with van der Waals surface area (Å²) in [7, 11) is 0. The van der Waals surface area contributed by atoms with E-state index in [1.54, 1.807) is 6.07 Å². The predicted octanol–water partition coefficient (Wildman–Crippen LogP) is 2.36. The van der Waals surface area contributed by atoms with Gasteiger partial charge in [-0.2, -0.15) is 13.2 Å². The number of rotatable bonds is 3. The Morgan fingerprint density at radius 3 is 2.48 bits per heavy atom. The summed E-state index contributed by atoms with van der Waals surface area (Å²) in [6.07, 6.45) is -5.24. The van der Waals surface area contributed by atoms with Crippen molar-refractivity contribution in [3.63, 3.8) is 0 Å². The number of halogens is 3. The highest BCUT2D eigenvalue weighted by molar-refractivity contribution is 5.91. The third kappa shape index (κ3) is 3.25. The number of alkyl halides is 3. The van der Waals surface area contributed by atoms with Crippen molar-refractivity contribution in [2.24, 2.45) is 5.92 Å². The van der Waals surface area contributed by atoms with Crippen molar-refractivity contribution in [2.45, 2.75) is 17.9 Å². The highest BCUT2D eigenvalue weighted by atomic mass is 19.4. The van der Waals surface area contributed by atoms with Crippen LogP contribution in [0, 0.1) is 5.92 Å². The molecule has 0 aliphatic carbocycles. The zero-order chi connectivity index (χ0) is 20.8. The van der Waals surface area contributed by atoms with Crippen LogP contribution < -0.4 is 20.1 Å². The van der Waals surface area contributed by atoms with Crippen molar-refractivity contribution in [1.29, 1.82) is 0 Å². The lowest BCUT2D eigenvalue weighted by Crippen LogP contribution is -2.66. The van der Waals surface area contributed by atoms with Crippen molar-refractivity contribution in [2.75, 3.05) is 6.79 Å². The minimum absolute atomic E-state index is 0.0526. The number of urea groups is 1. The van der Waals surface area contributed by atoms with Gasteiger partial charge in [0.25, 0.3) is 0 Å². The molecule has 1 fully saturated rings. The number of ketones is 1. The van der Waals surface area contributed by atoms with E-state index in [-0.39, 0.29) is 23.7 Å². The predicted molar refractivity (Wildman–Crippen MR) is 91.9 cm³/mol. The summed E-state index contributed by atoms with van der Waals surface area (Å²) in [6, 6.07) is 9.06. The zero-order valence-corrected chi connectivity index (χ0v) is 14.7. The first kappa shape index (κ1) is 19.1. The monoisotopic (exact) mass is 408 g/mol. The molecule has 0 aromatic heterocycles. The first-order valence-corrected chi connectivity index (χ1v) is 8.57. The van der Waals surface area contributed by atoms with Gasteiger partial charge in [-0.1, -0.05) is 36.4 Å². The average Bonchev–Trinajstić information content (AvgIpc) is 3.14. The first-order chi connectivity index (χ1) is 13.7. The average molecular weight is 408 g/mol. The zero-order valence-electron chi connectivity index (χ0n) is 14.7. The van der Waals surface area contributed by atoms with Gasteiger partial charge in [-0.3, -0.25) is 4.79 Å². The SMILES string of the molecule is O=C1N[C@H](c2ccc3c(c2)OCO3)[C@H](C(=O)C(F)(F)F)[C@@](O)(c2ccccc2)N1. The maximum Gasteiger partial charge on any atom is 0.450 e. The number of Topliss-reactive ketones (excluding diaryl/α,β-unsaturated/α-hetero) is 1. The number of hydrogen-bond donors (Lipinski definition) is 3. The molecule has 0 spiro atoms. The summed E-state index contributed by atoms with van der Waals surface area (Å²) >= 11 is 0. The van der Waals surface area contributed by atoms with Crippen LogP contribution in [0.25, 0.3) is 0 Å². The highest BCUT2D eigenvalue weighted by Crippen LogP contribution is 2.44. The number of ether oxygens (including phenoxy) is 2. The van der Waals surface area contributed by atoms with E-state index in [0.29, 0.717) is 5.75 Å². The normalized spacial score (nSPS) is 25.9. The summed E-state index contributed by atoms with van der Waals surface area (Å²) in [6.45, 7) is -0.0593. The lowest BCUT2D eigenvalue weighted by atomic mass is 9.76. The van der Waals surface area contributed by atoms with Crippen LogP contribution >= 0.6 is 0 Å². The number of benzene rings is 2. The van der Waals surface area contributed by atoms with E-state index in [4.69, 9.17) is 9.47 Å². The Balaban J connectivity index is 1.86. The van der Waals surface area contributed by atoms with Gasteiger partial charge in [0.1, 0.15) is 5.92 Å². The Morgan fingerprint density at radius 1 is 1.10 bits per heavy atom. The summed E-state index contributed by atoms with van der Waals surface area (Å²) in [5, 5.41) is 15.6. The van der Waals surface area contributed by atoms with Gasteiger partial charge in [-0.25, -0.2) is 4.79 Å². The van der Waals surface area contributed by atoms with Gasteiger partial charge < -0.3 is 25.2 Å². The molecule has 0 radical (unpaired) electrons. The standard InChI is InChI=1S/C19H15F3N2O5/c20-19(21,22)16(25)14-15(10-6-7-12-13(8-10)29-9-28-12)23-17(26)24-18(14,27)11-4-2-1-3-5-11/h1-8,14-15,27H,9H2,(H2,23,24,26)/t14-,15-,18+/m1/s1. The van der Waals surface area contributed by atoms with Crippen molar-refractivity contribution in [1.82, 2.24) is 10.6 Å². The van der Waals surface area contributed by atoms with Gasteiger partial charge in [0.15, 0.2) is 17.2 Å². The number of hydrogen-bond acceptors (Lipinski definition) is 5. The maximum absolute atomic E-state index is 13.5. The molecule has 2 aromatic rings. The minimum Gasteiger partial charge on any atom is -0.454 e. The van der Waals surface area contributed by atoms with Crippen LogP contribution in [0.2, 0.25) is 0 Å². The Labute approximate surface area is 162 Å². The smallest absolute Gasteiger partial charge is 0.450 e. The van der Waals surface area contributed by atoms with Crippen LogP contribution in [-0.2, 0) is 10.5 Å². The number of amides is 2. The molecule has 152 valence electrons. The van der Waals surface area contributed by atoms with Gasteiger partial charge >= 0.3 is 12.2 Å². The molecule has 4 rings (SSSR count). The molecular weight excluding hydrogens is 393 g/mol. The van der Waals surface area contributed by atoms with Crippen LogP contribution in [0.4, 0.5) is 18.0 Å². The van der Waals surface area contributed by atoms with E-state index in [2.05, 4.69) is 10.6 Å². The molecule has 2 heterocycles. The summed E-state index contributed by atoms with van der Waals surface area (Å²) in [4.78, 5) is 24.7. The first-order valence-electron chi connectivity index (χ1n) is 8.57. The fourth-order valence-corrected chi connectivity index (χ4v) is 3.60. The van der Waals surface area contributed by atoms with Crippen LogP contribution in [0.5, 0.6) is 11.5 Å². The Morgan fingerprint density at radius 2 is 1.79 bits per heavy atom. The van der Waals surface area contributed by atoms with Crippen molar-refractivity contribution < 1.29 is 37.3 Å². The van der Waals surface area contributed by atoms with Gasteiger partial charge in [-0.15, -0.1) is 0 Å². The fraction of sp³-hybridized carbons (Fsp3) is 0.263. The molecule has 10 heteroatoms. The number of nitrogens with one attached hydrogen (secondary N) is 2. The molecule has 7 nitrogen and oxygen atoms in total. The second kappa shape index (κ2) is 6.66. The largest absolute Gasteiger partial charge is 0.454 e. The Kier molecular flexibility index (Phi) is 4.38. The van der Waals surface area contributed by atoms with Crippen LogP contribution in [0.1, 0.15) is 17.2 Å². The molecule has 3 N–H and O–H groups in total. The quantitative estimate of drug-likeness (QED) is 0.725. The molecular formula is C19H15F3N2O5. The Bertz CT molecular complexity index is 966. The summed E-state index contributed by atoms with van der Waals surface area (Å²) in [5.74, 6) is -3.63. The lowest BCUT2D eigenvalue weighted by molar-refractivity contribution is -0.190. The second-order valence-electron chi connectivity index (χ2n) is 6.66. The van der Waals surface area contributed by atoms with E-state index < -0.39 is 35.7 Å². The molecule has 2 aliphatic rings. The lowest BCUT2D eigenvalue weighted by Gasteiger charge is -2.45. The highest BCUT2D eigenvalue weighted by Gasteiger charge is 2.59. The van der Waals surface area contributed by atoms with Gasteiger partial charge in [0, 0.05) is 5.56 Å². The van der Waals surface area contributed by atoms with Crippen molar-refractivity contribution in [3.05, 3.63) is 59.7 Å². The van der Waals surface area contributed by atoms with Crippen molar-refractivity contribution in [3.8, 4) is 11.5 Å². The molecule has 29 heavy (non-hydrogen) atoms. The molecule has 0 saturated carbocycles. The molecule has 0 unspecified atom stereocenters. The topological polar surface area (TPSA) is 96.9 Å². The Hall–Kier alpha value is -3.27. The third-order valence-corrected chi connectivity index (χ3v) is 4.91. The summed E-state index contributed by atoms with van der Waals surface area (Å²) in [5.41, 5.74) is -2.48. The van der Waals surface area contributed by atoms with Crippen molar-refractivity contribution >= 4 is 11.8 Å². The molecule has 2 aromatic carbocycles. The van der Waals surface area contributed by atoms with Gasteiger partial charge in [-0.05, 0) is 17.7 Å². The van der Waals surface area contributed by atoms with E-state index in [9.17, 15) is 27.9 Å². The molecule has 2 amide bonds. The fourth-order valence-electron chi connectivity index (χ4n) is 3.60. The molecule has 0 bridgehead atoms. The van der Waals surface area contributed by atoms with Gasteiger partial charge in [0.05, 0.1) is 6.04 Å². The van der Waals surface area contributed by atoms with E-state index >= 15 is 0 Å². The number of aliphatic hydroxyl groups is 1. The number of carbonyl (C=O) groups excluding carboxylic acids is 2. The van der Waals surface area contributed by atoms with Crippen LogP contribution in [0.3, 0.4) is 0 Å². The molecule has 3 atom stereocenters. The van der Waals surface area contributed by atoms with Gasteiger partial charge in [0.2, 0.25) is 12.6 Å². The number of carbonyl (C=O) groups is 2. The third-order valence-electron chi connectivity index (χ3n) is 4.91. The van der Waals surface area contributed by atoms with E-state index in [0.717, 1.165) is 0 Å². The van der Waals surface area contributed by atoms with Crippen LogP contribution in [0.15, 0.2) is 48.5 Å². The van der Waals surface area contributed by atoms with E-state index in [1.807, 2.05) is 0 Å². The second-order valence-corrected chi connectivity index (χ2v) is 6.66.